The Morgan fingerprint density at radius 3 is 2.50 bits per heavy atom. The zero-order chi connectivity index (χ0) is 19.0. The lowest BCUT2D eigenvalue weighted by atomic mass is 9.98. The molecular weight excluding hydrogens is 336 g/mol. The Labute approximate surface area is 152 Å². The molecule has 7 nitrogen and oxygen atoms in total. The molecule has 1 aromatic carbocycles. The SMILES string of the molecule is COCC(C)(CC(=O)O)NC(=O)c1ccc(OCc2ccccc2)nc1. The number of carboxylic acids is 1. The van der Waals surface area contributed by atoms with Gasteiger partial charge in [-0.3, -0.25) is 9.59 Å². The van der Waals surface area contributed by atoms with Gasteiger partial charge in [0.1, 0.15) is 6.61 Å². The molecule has 1 unspecified atom stereocenters. The van der Waals surface area contributed by atoms with Gasteiger partial charge in [-0.2, -0.15) is 0 Å². The topological polar surface area (TPSA) is 97.8 Å². The van der Waals surface area contributed by atoms with E-state index < -0.39 is 17.4 Å². The summed E-state index contributed by atoms with van der Waals surface area (Å²) in [5.74, 6) is -1.05. The third-order valence-electron chi connectivity index (χ3n) is 3.65. The van der Waals surface area contributed by atoms with E-state index in [4.69, 9.17) is 14.6 Å². The maximum Gasteiger partial charge on any atom is 0.305 e. The maximum atomic E-state index is 12.4. The highest BCUT2D eigenvalue weighted by Crippen LogP contribution is 2.14. The van der Waals surface area contributed by atoms with Crippen molar-refractivity contribution >= 4 is 11.9 Å². The van der Waals surface area contributed by atoms with Gasteiger partial charge in [-0.05, 0) is 18.6 Å². The first-order chi connectivity index (χ1) is 12.4. The van der Waals surface area contributed by atoms with Crippen LogP contribution in [0.4, 0.5) is 0 Å². The van der Waals surface area contributed by atoms with Crippen LogP contribution in [-0.4, -0.2) is 41.2 Å². The molecule has 0 bridgehead atoms. The van der Waals surface area contributed by atoms with E-state index in [2.05, 4.69) is 10.3 Å². The molecule has 0 saturated carbocycles. The average Bonchev–Trinajstić information content (AvgIpc) is 2.60. The largest absolute Gasteiger partial charge is 0.481 e. The number of carbonyl (C=O) groups excluding carboxylic acids is 1. The van der Waals surface area contributed by atoms with E-state index in [1.807, 2.05) is 30.3 Å². The van der Waals surface area contributed by atoms with Crippen molar-refractivity contribution in [2.75, 3.05) is 13.7 Å². The van der Waals surface area contributed by atoms with E-state index in [-0.39, 0.29) is 13.0 Å². The highest BCUT2D eigenvalue weighted by molar-refractivity contribution is 5.94. The molecule has 2 aromatic rings. The van der Waals surface area contributed by atoms with Gasteiger partial charge in [-0.25, -0.2) is 4.98 Å². The van der Waals surface area contributed by atoms with Crippen LogP contribution in [0.3, 0.4) is 0 Å². The van der Waals surface area contributed by atoms with E-state index in [1.54, 1.807) is 19.1 Å². The van der Waals surface area contributed by atoms with Crippen LogP contribution in [0.15, 0.2) is 48.7 Å². The second kappa shape index (κ2) is 8.96. The highest BCUT2D eigenvalue weighted by atomic mass is 16.5. The first-order valence-corrected chi connectivity index (χ1v) is 8.08. The molecule has 2 rings (SSSR count). The van der Waals surface area contributed by atoms with Gasteiger partial charge in [0.05, 0.1) is 24.1 Å². The van der Waals surface area contributed by atoms with Gasteiger partial charge in [0.15, 0.2) is 0 Å². The van der Waals surface area contributed by atoms with Crippen LogP contribution in [0.2, 0.25) is 0 Å². The summed E-state index contributed by atoms with van der Waals surface area (Å²) in [6, 6.07) is 12.8. The molecule has 1 aromatic heterocycles. The summed E-state index contributed by atoms with van der Waals surface area (Å²) in [4.78, 5) is 27.5. The Balaban J connectivity index is 1.97. The Morgan fingerprint density at radius 2 is 1.92 bits per heavy atom. The number of methoxy groups -OCH3 is 1. The first-order valence-electron chi connectivity index (χ1n) is 8.08. The molecule has 138 valence electrons. The fourth-order valence-corrected chi connectivity index (χ4v) is 2.46. The first kappa shape index (κ1) is 19.4. The molecular formula is C19H22N2O5. The second-order valence-corrected chi connectivity index (χ2v) is 6.18. The highest BCUT2D eigenvalue weighted by Gasteiger charge is 2.30. The number of aromatic nitrogens is 1. The molecule has 0 saturated heterocycles. The molecule has 0 spiro atoms. The number of ether oxygens (including phenoxy) is 2. The van der Waals surface area contributed by atoms with Crippen LogP contribution in [0.1, 0.15) is 29.3 Å². The number of benzene rings is 1. The minimum absolute atomic E-state index is 0.0801. The van der Waals surface area contributed by atoms with Crippen molar-refractivity contribution in [2.24, 2.45) is 0 Å². The summed E-state index contributed by atoms with van der Waals surface area (Å²) >= 11 is 0. The van der Waals surface area contributed by atoms with Gasteiger partial charge in [-0.1, -0.05) is 30.3 Å². The number of aliphatic carboxylic acids is 1. The minimum atomic E-state index is -1.02. The predicted octanol–water partition coefficient (Wildman–Crippen LogP) is 2.27. The quantitative estimate of drug-likeness (QED) is 0.714. The van der Waals surface area contributed by atoms with Crippen LogP contribution in [-0.2, 0) is 16.1 Å². The standard InChI is InChI=1S/C19H22N2O5/c1-19(13-25-2,10-17(22)23)21-18(24)15-8-9-16(20-11-15)26-12-14-6-4-3-5-7-14/h3-9,11H,10,12-13H2,1-2H3,(H,21,24)(H,22,23). The number of hydrogen-bond acceptors (Lipinski definition) is 5. The molecule has 1 heterocycles. The monoisotopic (exact) mass is 358 g/mol. The van der Waals surface area contributed by atoms with E-state index in [0.29, 0.717) is 18.1 Å². The molecule has 0 aliphatic rings. The molecule has 0 radical (unpaired) electrons. The summed E-state index contributed by atoms with van der Waals surface area (Å²) in [7, 11) is 1.45. The Bertz CT molecular complexity index is 733. The van der Waals surface area contributed by atoms with Crippen molar-refractivity contribution < 1.29 is 24.2 Å². The van der Waals surface area contributed by atoms with Crippen molar-refractivity contribution in [3.8, 4) is 5.88 Å². The van der Waals surface area contributed by atoms with Crippen molar-refractivity contribution in [3.63, 3.8) is 0 Å². The van der Waals surface area contributed by atoms with E-state index >= 15 is 0 Å². The van der Waals surface area contributed by atoms with Crippen LogP contribution in [0.5, 0.6) is 5.88 Å². The number of pyridine rings is 1. The molecule has 1 amide bonds. The summed E-state index contributed by atoms with van der Waals surface area (Å²) in [6.45, 7) is 2.08. The maximum absolute atomic E-state index is 12.4. The number of nitrogens with zero attached hydrogens (tertiary/aromatic N) is 1. The van der Waals surface area contributed by atoms with Crippen LogP contribution in [0, 0.1) is 0 Å². The van der Waals surface area contributed by atoms with Crippen molar-refractivity contribution in [3.05, 3.63) is 59.8 Å². The molecule has 26 heavy (non-hydrogen) atoms. The van der Waals surface area contributed by atoms with Crippen molar-refractivity contribution in [2.45, 2.75) is 25.5 Å². The summed E-state index contributed by atoms with van der Waals surface area (Å²) < 4.78 is 10.6. The second-order valence-electron chi connectivity index (χ2n) is 6.18. The number of hydrogen-bond donors (Lipinski definition) is 2. The Kier molecular flexibility index (Phi) is 6.68. The predicted molar refractivity (Wildman–Crippen MR) is 95.0 cm³/mol. The molecule has 2 N–H and O–H groups in total. The van der Waals surface area contributed by atoms with Crippen molar-refractivity contribution in [1.29, 1.82) is 0 Å². The van der Waals surface area contributed by atoms with Crippen LogP contribution < -0.4 is 10.1 Å². The third-order valence-corrected chi connectivity index (χ3v) is 3.65. The van der Waals surface area contributed by atoms with Gasteiger partial charge in [0, 0.05) is 19.4 Å². The summed E-state index contributed by atoms with van der Waals surface area (Å²) in [6.07, 6.45) is 1.14. The average molecular weight is 358 g/mol. The van der Waals surface area contributed by atoms with Gasteiger partial charge in [0.2, 0.25) is 5.88 Å². The number of carboxylic acid groups (broad SMARTS) is 1. The number of nitrogens with one attached hydrogen (secondary N) is 1. The van der Waals surface area contributed by atoms with Gasteiger partial charge < -0.3 is 19.9 Å². The van der Waals surface area contributed by atoms with E-state index in [0.717, 1.165) is 5.56 Å². The fraction of sp³-hybridized carbons (Fsp3) is 0.316. The molecule has 0 fully saturated rings. The van der Waals surface area contributed by atoms with Gasteiger partial charge in [0.25, 0.3) is 5.91 Å². The number of carbonyl (C=O) groups is 2. The van der Waals surface area contributed by atoms with Crippen molar-refractivity contribution in [1.82, 2.24) is 10.3 Å². The Morgan fingerprint density at radius 1 is 1.19 bits per heavy atom. The lowest BCUT2D eigenvalue weighted by Crippen LogP contribution is -2.50. The van der Waals surface area contributed by atoms with Crippen LogP contribution >= 0.6 is 0 Å². The molecule has 0 aliphatic heterocycles. The third kappa shape index (κ3) is 5.86. The lowest BCUT2D eigenvalue weighted by Gasteiger charge is -2.28. The molecule has 7 heteroatoms. The van der Waals surface area contributed by atoms with Crippen LogP contribution in [0.25, 0.3) is 0 Å². The summed E-state index contributed by atoms with van der Waals surface area (Å²) in [5.41, 5.74) is 0.310. The zero-order valence-electron chi connectivity index (χ0n) is 14.8. The fourth-order valence-electron chi connectivity index (χ4n) is 2.46. The van der Waals surface area contributed by atoms with Gasteiger partial charge in [-0.15, -0.1) is 0 Å². The molecule has 1 atom stereocenters. The zero-order valence-corrected chi connectivity index (χ0v) is 14.8. The number of amides is 1. The molecule has 0 aliphatic carbocycles. The van der Waals surface area contributed by atoms with E-state index in [1.165, 1.54) is 13.3 Å². The normalized spacial score (nSPS) is 12.8. The minimum Gasteiger partial charge on any atom is -0.481 e. The summed E-state index contributed by atoms with van der Waals surface area (Å²) in [5, 5.41) is 11.7. The smallest absolute Gasteiger partial charge is 0.305 e. The van der Waals surface area contributed by atoms with E-state index in [9.17, 15) is 9.59 Å². The lowest BCUT2D eigenvalue weighted by molar-refractivity contribution is -0.139. The number of rotatable bonds is 9. The Hall–Kier alpha value is -2.93. The van der Waals surface area contributed by atoms with Gasteiger partial charge >= 0.3 is 5.97 Å².